The standard InChI is InChI=1S/C14H26N2O3/c1-4-5-14(13(18)19)6-7-16(9-14)12(17)11(15)8-10(2)3/h10-11H,4-9,15H2,1-3H3,(H,18,19). The van der Waals surface area contributed by atoms with Gasteiger partial charge in [-0.15, -0.1) is 0 Å². The molecule has 0 aliphatic carbocycles. The molecule has 1 saturated heterocycles. The molecule has 0 aromatic heterocycles. The van der Waals surface area contributed by atoms with Crippen molar-refractivity contribution in [2.75, 3.05) is 13.1 Å². The maximum Gasteiger partial charge on any atom is 0.311 e. The fourth-order valence-electron chi connectivity index (χ4n) is 2.87. The number of nitrogens with zero attached hydrogens (tertiary/aromatic N) is 1. The molecule has 0 bridgehead atoms. The van der Waals surface area contributed by atoms with Crippen LogP contribution in [0.3, 0.4) is 0 Å². The van der Waals surface area contributed by atoms with E-state index in [0.29, 0.717) is 38.3 Å². The fraction of sp³-hybridized carbons (Fsp3) is 0.857. The van der Waals surface area contributed by atoms with Crippen LogP contribution in [-0.4, -0.2) is 41.0 Å². The predicted octanol–water partition coefficient (Wildman–Crippen LogP) is 1.46. The van der Waals surface area contributed by atoms with E-state index in [2.05, 4.69) is 0 Å². The van der Waals surface area contributed by atoms with Crippen LogP contribution in [0, 0.1) is 11.3 Å². The number of carboxylic acid groups (broad SMARTS) is 1. The van der Waals surface area contributed by atoms with Gasteiger partial charge in [0.15, 0.2) is 0 Å². The molecule has 5 nitrogen and oxygen atoms in total. The quantitative estimate of drug-likeness (QED) is 0.765. The lowest BCUT2D eigenvalue weighted by atomic mass is 9.83. The molecule has 1 amide bonds. The van der Waals surface area contributed by atoms with Gasteiger partial charge in [-0.3, -0.25) is 9.59 Å². The van der Waals surface area contributed by atoms with Crippen LogP contribution in [0.25, 0.3) is 0 Å². The van der Waals surface area contributed by atoms with Gasteiger partial charge in [-0.1, -0.05) is 27.2 Å². The molecule has 3 N–H and O–H groups in total. The van der Waals surface area contributed by atoms with Gasteiger partial charge in [-0.05, 0) is 25.2 Å². The molecule has 1 fully saturated rings. The average Bonchev–Trinajstić information content (AvgIpc) is 2.73. The fourth-order valence-corrected chi connectivity index (χ4v) is 2.87. The number of likely N-dealkylation sites (tertiary alicyclic amines) is 1. The van der Waals surface area contributed by atoms with Crippen molar-refractivity contribution in [3.8, 4) is 0 Å². The molecule has 0 spiro atoms. The summed E-state index contributed by atoms with van der Waals surface area (Å²) in [5, 5.41) is 9.41. The number of carbonyl (C=O) groups is 2. The molecule has 0 radical (unpaired) electrons. The van der Waals surface area contributed by atoms with Crippen LogP contribution in [0.2, 0.25) is 0 Å². The van der Waals surface area contributed by atoms with E-state index in [1.54, 1.807) is 4.90 Å². The van der Waals surface area contributed by atoms with Crippen molar-refractivity contribution in [1.82, 2.24) is 4.90 Å². The van der Waals surface area contributed by atoms with Crippen molar-refractivity contribution < 1.29 is 14.7 Å². The van der Waals surface area contributed by atoms with E-state index in [-0.39, 0.29) is 5.91 Å². The summed E-state index contributed by atoms with van der Waals surface area (Å²) in [6.07, 6.45) is 2.61. The summed E-state index contributed by atoms with van der Waals surface area (Å²) < 4.78 is 0. The molecule has 2 atom stereocenters. The maximum absolute atomic E-state index is 12.2. The van der Waals surface area contributed by atoms with Gasteiger partial charge in [0.05, 0.1) is 11.5 Å². The summed E-state index contributed by atoms with van der Waals surface area (Å²) in [5.41, 5.74) is 5.14. The average molecular weight is 270 g/mol. The number of amides is 1. The Morgan fingerprint density at radius 3 is 2.53 bits per heavy atom. The topological polar surface area (TPSA) is 83.6 Å². The van der Waals surface area contributed by atoms with Gasteiger partial charge in [-0.2, -0.15) is 0 Å². The van der Waals surface area contributed by atoms with Crippen LogP contribution in [0.5, 0.6) is 0 Å². The molecular formula is C14H26N2O3. The Morgan fingerprint density at radius 2 is 2.05 bits per heavy atom. The Balaban J connectivity index is 2.68. The molecule has 110 valence electrons. The van der Waals surface area contributed by atoms with Crippen LogP contribution < -0.4 is 5.73 Å². The summed E-state index contributed by atoms with van der Waals surface area (Å²) in [5.74, 6) is -0.531. The normalized spacial score (nSPS) is 24.8. The Morgan fingerprint density at radius 1 is 1.42 bits per heavy atom. The van der Waals surface area contributed by atoms with E-state index >= 15 is 0 Å². The van der Waals surface area contributed by atoms with E-state index < -0.39 is 17.4 Å². The monoisotopic (exact) mass is 270 g/mol. The highest BCUT2D eigenvalue weighted by atomic mass is 16.4. The molecule has 0 aromatic carbocycles. The SMILES string of the molecule is CCCC1(C(=O)O)CCN(C(=O)C(N)CC(C)C)C1. The number of carbonyl (C=O) groups excluding carboxylic acids is 1. The lowest BCUT2D eigenvalue weighted by Gasteiger charge is -2.26. The molecule has 5 heteroatoms. The molecule has 1 rings (SSSR count). The number of nitrogens with two attached hydrogens (primary N) is 1. The molecule has 1 heterocycles. The zero-order valence-corrected chi connectivity index (χ0v) is 12.2. The second-order valence-corrected chi connectivity index (χ2v) is 6.08. The van der Waals surface area contributed by atoms with E-state index in [1.165, 1.54) is 0 Å². The van der Waals surface area contributed by atoms with Crippen LogP contribution in [0.15, 0.2) is 0 Å². The van der Waals surface area contributed by atoms with E-state index in [9.17, 15) is 14.7 Å². The van der Waals surface area contributed by atoms with Crippen molar-refractivity contribution in [1.29, 1.82) is 0 Å². The summed E-state index contributed by atoms with van der Waals surface area (Å²) in [6.45, 7) is 6.84. The first-order valence-corrected chi connectivity index (χ1v) is 7.10. The second-order valence-electron chi connectivity index (χ2n) is 6.08. The summed E-state index contributed by atoms with van der Waals surface area (Å²) in [7, 11) is 0. The highest BCUT2D eigenvalue weighted by molar-refractivity contribution is 5.84. The van der Waals surface area contributed by atoms with Crippen molar-refractivity contribution in [2.24, 2.45) is 17.1 Å². The zero-order chi connectivity index (χ0) is 14.6. The van der Waals surface area contributed by atoms with Crippen LogP contribution in [0.4, 0.5) is 0 Å². The molecule has 1 aliphatic rings. The molecule has 0 aromatic rings. The molecular weight excluding hydrogens is 244 g/mol. The largest absolute Gasteiger partial charge is 0.481 e. The summed E-state index contributed by atoms with van der Waals surface area (Å²) >= 11 is 0. The maximum atomic E-state index is 12.2. The Kier molecular flexibility index (Phi) is 5.35. The third kappa shape index (κ3) is 3.69. The predicted molar refractivity (Wildman–Crippen MR) is 73.6 cm³/mol. The number of aliphatic carboxylic acids is 1. The molecule has 0 saturated carbocycles. The van der Waals surface area contributed by atoms with Gasteiger partial charge in [0.25, 0.3) is 0 Å². The smallest absolute Gasteiger partial charge is 0.311 e. The lowest BCUT2D eigenvalue weighted by molar-refractivity contribution is -0.149. The van der Waals surface area contributed by atoms with E-state index in [1.807, 2.05) is 20.8 Å². The minimum atomic E-state index is -0.790. The zero-order valence-electron chi connectivity index (χ0n) is 12.2. The number of carboxylic acids is 1. The van der Waals surface area contributed by atoms with Crippen molar-refractivity contribution in [3.05, 3.63) is 0 Å². The number of hydrogen-bond donors (Lipinski definition) is 2. The van der Waals surface area contributed by atoms with Crippen molar-refractivity contribution in [3.63, 3.8) is 0 Å². The highest BCUT2D eigenvalue weighted by Crippen LogP contribution is 2.35. The third-order valence-corrected chi connectivity index (χ3v) is 3.89. The van der Waals surface area contributed by atoms with Gasteiger partial charge in [0.1, 0.15) is 0 Å². The molecule has 2 unspecified atom stereocenters. The summed E-state index contributed by atoms with van der Waals surface area (Å²) in [4.78, 5) is 25.3. The minimum Gasteiger partial charge on any atom is -0.481 e. The Hall–Kier alpha value is -1.10. The lowest BCUT2D eigenvalue weighted by Crippen LogP contribution is -2.45. The van der Waals surface area contributed by atoms with Crippen molar-refractivity contribution >= 4 is 11.9 Å². The van der Waals surface area contributed by atoms with Gasteiger partial charge >= 0.3 is 5.97 Å². The first-order valence-electron chi connectivity index (χ1n) is 7.10. The van der Waals surface area contributed by atoms with Crippen LogP contribution in [-0.2, 0) is 9.59 Å². The third-order valence-electron chi connectivity index (χ3n) is 3.89. The molecule has 19 heavy (non-hydrogen) atoms. The minimum absolute atomic E-state index is 0.104. The highest BCUT2D eigenvalue weighted by Gasteiger charge is 2.45. The first kappa shape index (κ1) is 16.0. The first-order chi connectivity index (χ1) is 8.82. The number of rotatable bonds is 6. The van der Waals surface area contributed by atoms with Crippen molar-refractivity contribution in [2.45, 2.75) is 52.5 Å². The van der Waals surface area contributed by atoms with E-state index in [4.69, 9.17) is 5.73 Å². The second kappa shape index (κ2) is 6.37. The molecule has 1 aliphatic heterocycles. The van der Waals surface area contributed by atoms with Crippen LogP contribution >= 0.6 is 0 Å². The number of hydrogen-bond acceptors (Lipinski definition) is 3. The van der Waals surface area contributed by atoms with Gasteiger partial charge in [0, 0.05) is 13.1 Å². The van der Waals surface area contributed by atoms with Gasteiger partial charge in [-0.25, -0.2) is 0 Å². The Bertz CT molecular complexity index is 344. The van der Waals surface area contributed by atoms with Crippen LogP contribution in [0.1, 0.15) is 46.5 Å². The Labute approximate surface area is 115 Å². The summed E-state index contributed by atoms with van der Waals surface area (Å²) in [6, 6.07) is -0.508. The van der Waals surface area contributed by atoms with Gasteiger partial charge in [0.2, 0.25) is 5.91 Å². The van der Waals surface area contributed by atoms with E-state index in [0.717, 1.165) is 6.42 Å². The van der Waals surface area contributed by atoms with Gasteiger partial charge < -0.3 is 15.7 Å².